The maximum absolute atomic E-state index is 13.0. The van der Waals surface area contributed by atoms with Gasteiger partial charge >= 0.3 is 5.97 Å². The normalized spacial score (nSPS) is 15.9. The standard InChI is InChI=1S/C21H22N4O4/c1-3-29-20(28)21(2,15-8-7-13-22-14-15)23-19(27)17-11-12-18(26)25(24-17)16-9-5-4-6-10-16/h4-10,13-14H,3,11-12H2,1-2H3,(H,23,27). The van der Waals surface area contributed by atoms with E-state index in [4.69, 9.17) is 4.74 Å². The molecule has 0 fully saturated rings. The van der Waals surface area contributed by atoms with Crippen molar-refractivity contribution in [2.45, 2.75) is 32.2 Å². The van der Waals surface area contributed by atoms with Crippen LogP contribution in [0.2, 0.25) is 0 Å². The Morgan fingerprint density at radius 1 is 1.17 bits per heavy atom. The third kappa shape index (κ3) is 4.31. The number of esters is 1. The summed E-state index contributed by atoms with van der Waals surface area (Å²) in [6.45, 7) is 3.42. The van der Waals surface area contributed by atoms with E-state index in [-0.39, 0.29) is 31.1 Å². The Bertz CT molecular complexity index is 930. The Morgan fingerprint density at radius 3 is 2.59 bits per heavy atom. The molecular formula is C21H22N4O4. The first-order valence-electron chi connectivity index (χ1n) is 9.31. The number of hydrogen-bond acceptors (Lipinski definition) is 6. The molecule has 150 valence electrons. The van der Waals surface area contributed by atoms with E-state index in [9.17, 15) is 14.4 Å². The maximum Gasteiger partial charge on any atom is 0.336 e. The third-order valence-corrected chi connectivity index (χ3v) is 4.58. The minimum Gasteiger partial charge on any atom is -0.464 e. The molecule has 1 aromatic carbocycles. The Labute approximate surface area is 168 Å². The number of pyridine rings is 1. The van der Waals surface area contributed by atoms with E-state index in [0.29, 0.717) is 11.3 Å². The highest BCUT2D eigenvalue weighted by atomic mass is 16.5. The van der Waals surface area contributed by atoms with Crippen molar-refractivity contribution in [3.05, 3.63) is 60.4 Å². The summed E-state index contributed by atoms with van der Waals surface area (Å²) in [6.07, 6.45) is 3.40. The molecule has 1 N–H and O–H groups in total. The number of ether oxygens (including phenoxy) is 1. The highest BCUT2D eigenvalue weighted by Gasteiger charge is 2.40. The fraction of sp³-hybridized carbons (Fsp3) is 0.286. The van der Waals surface area contributed by atoms with Crippen molar-refractivity contribution in [3.8, 4) is 0 Å². The molecule has 8 heteroatoms. The number of anilines is 1. The van der Waals surface area contributed by atoms with Gasteiger partial charge in [-0.3, -0.25) is 14.6 Å². The van der Waals surface area contributed by atoms with Crippen LogP contribution in [0.3, 0.4) is 0 Å². The molecule has 2 aromatic rings. The smallest absolute Gasteiger partial charge is 0.336 e. The molecule has 1 aromatic heterocycles. The van der Waals surface area contributed by atoms with Gasteiger partial charge in [-0.15, -0.1) is 0 Å². The number of hydrazone groups is 1. The first kappa shape index (κ1) is 20.2. The van der Waals surface area contributed by atoms with Gasteiger partial charge in [-0.25, -0.2) is 9.80 Å². The van der Waals surface area contributed by atoms with Crippen molar-refractivity contribution >= 4 is 29.2 Å². The Balaban J connectivity index is 1.89. The van der Waals surface area contributed by atoms with Crippen LogP contribution in [-0.4, -0.2) is 35.1 Å². The second-order valence-electron chi connectivity index (χ2n) is 6.63. The molecule has 0 bridgehead atoms. The van der Waals surface area contributed by atoms with E-state index in [2.05, 4.69) is 15.4 Å². The summed E-state index contributed by atoms with van der Waals surface area (Å²) in [6, 6.07) is 12.2. The van der Waals surface area contributed by atoms with Crippen molar-refractivity contribution in [1.82, 2.24) is 10.3 Å². The van der Waals surface area contributed by atoms with E-state index in [1.165, 1.54) is 11.2 Å². The number of amides is 2. The summed E-state index contributed by atoms with van der Waals surface area (Å²) in [4.78, 5) is 41.9. The van der Waals surface area contributed by atoms with Gasteiger partial charge < -0.3 is 10.1 Å². The molecule has 8 nitrogen and oxygen atoms in total. The van der Waals surface area contributed by atoms with Crippen molar-refractivity contribution in [2.75, 3.05) is 11.6 Å². The number of para-hydroxylation sites is 1. The lowest BCUT2D eigenvalue weighted by Crippen LogP contribution is -2.53. The van der Waals surface area contributed by atoms with Gasteiger partial charge in [0.15, 0.2) is 5.54 Å². The highest BCUT2D eigenvalue weighted by molar-refractivity contribution is 6.40. The second kappa shape index (κ2) is 8.64. The van der Waals surface area contributed by atoms with Crippen LogP contribution in [0.15, 0.2) is 60.0 Å². The predicted molar refractivity (Wildman–Crippen MR) is 107 cm³/mol. The zero-order chi connectivity index (χ0) is 20.9. The van der Waals surface area contributed by atoms with Crippen LogP contribution in [0.4, 0.5) is 5.69 Å². The van der Waals surface area contributed by atoms with E-state index >= 15 is 0 Å². The van der Waals surface area contributed by atoms with Crippen LogP contribution < -0.4 is 10.3 Å². The van der Waals surface area contributed by atoms with Gasteiger partial charge in [0.2, 0.25) is 5.91 Å². The van der Waals surface area contributed by atoms with Crippen LogP contribution in [0.25, 0.3) is 0 Å². The van der Waals surface area contributed by atoms with Crippen molar-refractivity contribution in [1.29, 1.82) is 0 Å². The molecule has 0 saturated carbocycles. The van der Waals surface area contributed by atoms with E-state index in [1.807, 2.05) is 6.07 Å². The molecule has 1 unspecified atom stereocenters. The van der Waals surface area contributed by atoms with Crippen LogP contribution in [0.1, 0.15) is 32.3 Å². The first-order chi connectivity index (χ1) is 14.0. The second-order valence-corrected chi connectivity index (χ2v) is 6.63. The number of carbonyl (C=O) groups excluding carboxylic acids is 3. The lowest BCUT2D eigenvalue weighted by atomic mass is 9.93. The number of hydrogen-bond donors (Lipinski definition) is 1. The molecule has 0 radical (unpaired) electrons. The number of aromatic nitrogens is 1. The van der Waals surface area contributed by atoms with Crippen LogP contribution in [0.5, 0.6) is 0 Å². The summed E-state index contributed by atoms with van der Waals surface area (Å²) in [5.74, 6) is -1.35. The molecule has 2 amide bonds. The average Bonchev–Trinajstić information content (AvgIpc) is 2.75. The largest absolute Gasteiger partial charge is 0.464 e. The Kier molecular flexibility index (Phi) is 6.01. The summed E-state index contributed by atoms with van der Waals surface area (Å²) < 4.78 is 5.17. The van der Waals surface area contributed by atoms with Gasteiger partial charge in [-0.05, 0) is 32.0 Å². The van der Waals surface area contributed by atoms with Gasteiger partial charge in [0.25, 0.3) is 5.91 Å². The zero-order valence-corrected chi connectivity index (χ0v) is 16.3. The van der Waals surface area contributed by atoms with E-state index in [1.54, 1.807) is 56.4 Å². The lowest BCUT2D eigenvalue weighted by molar-refractivity contribution is -0.152. The van der Waals surface area contributed by atoms with Crippen molar-refractivity contribution < 1.29 is 19.1 Å². The molecule has 0 aliphatic carbocycles. The number of nitrogens with one attached hydrogen (secondary N) is 1. The molecule has 1 aliphatic heterocycles. The number of rotatable bonds is 6. The van der Waals surface area contributed by atoms with Crippen LogP contribution in [0, 0.1) is 0 Å². The van der Waals surface area contributed by atoms with Crippen molar-refractivity contribution in [3.63, 3.8) is 0 Å². The fourth-order valence-corrected chi connectivity index (χ4v) is 2.96. The van der Waals surface area contributed by atoms with Crippen LogP contribution in [-0.2, 0) is 24.7 Å². The lowest BCUT2D eigenvalue weighted by Gasteiger charge is -2.30. The minimum absolute atomic E-state index is 0.143. The zero-order valence-electron chi connectivity index (χ0n) is 16.3. The molecule has 0 saturated heterocycles. The maximum atomic E-state index is 13.0. The summed E-state index contributed by atoms with van der Waals surface area (Å²) in [5, 5.41) is 8.18. The molecule has 3 rings (SSSR count). The molecule has 0 spiro atoms. The summed E-state index contributed by atoms with van der Waals surface area (Å²) in [5.41, 5.74) is -0.224. The SMILES string of the molecule is CCOC(=O)C(C)(NC(=O)C1=NN(c2ccccc2)C(=O)CC1)c1cccnc1. The number of nitrogens with zero attached hydrogens (tertiary/aromatic N) is 3. The van der Waals surface area contributed by atoms with Gasteiger partial charge in [-0.2, -0.15) is 5.10 Å². The topological polar surface area (TPSA) is 101 Å². The minimum atomic E-state index is -1.44. The highest BCUT2D eigenvalue weighted by Crippen LogP contribution is 2.24. The molecular weight excluding hydrogens is 372 g/mol. The van der Waals surface area contributed by atoms with Gasteiger partial charge in [0.05, 0.1) is 12.3 Å². The fourth-order valence-electron chi connectivity index (χ4n) is 2.96. The summed E-state index contributed by atoms with van der Waals surface area (Å²) >= 11 is 0. The van der Waals surface area contributed by atoms with E-state index < -0.39 is 17.4 Å². The number of benzene rings is 1. The predicted octanol–water partition coefficient (Wildman–Crippen LogP) is 2.16. The van der Waals surface area contributed by atoms with Crippen LogP contribution >= 0.6 is 0 Å². The monoisotopic (exact) mass is 394 g/mol. The Morgan fingerprint density at radius 2 is 1.93 bits per heavy atom. The molecule has 1 aliphatic rings. The third-order valence-electron chi connectivity index (χ3n) is 4.58. The summed E-state index contributed by atoms with van der Waals surface area (Å²) in [7, 11) is 0. The Hall–Kier alpha value is -3.55. The van der Waals surface area contributed by atoms with E-state index in [0.717, 1.165) is 0 Å². The number of carbonyl (C=O) groups is 3. The quantitative estimate of drug-likeness (QED) is 0.757. The molecule has 1 atom stereocenters. The van der Waals surface area contributed by atoms with Crippen molar-refractivity contribution in [2.24, 2.45) is 5.10 Å². The molecule has 29 heavy (non-hydrogen) atoms. The van der Waals surface area contributed by atoms with Gasteiger partial charge in [0.1, 0.15) is 5.71 Å². The van der Waals surface area contributed by atoms with Gasteiger partial charge in [-0.1, -0.05) is 24.3 Å². The first-order valence-corrected chi connectivity index (χ1v) is 9.31. The van der Waals surface area contributed by atoms with Gasteiger partial charge in [0, 0.05) is 30.8 Å². The molecule has 2 heterocycles. The average molecular weight is 394 g/mol.